The van der Waals surface area contributed by atoms with E-state index in [4.69, 9.17) is 11.6 Å². The van der Waals surface area contributed by atoms with Gasteiger partial charge in [-0.25, -0.2) is 0 Å². The molecule has 4 rings (SSSR count). The van der Waals surface area contributed by atoms with E-state index in [1.165, 1.54) is 5.56 Å². The molecule has 0 saturated carbocycles. The second kappa shape index (κ2) is 7.77. The zero-order valence-corrected chi connectivity index (χ0v) is 17.6. The predicted molar refractivity (Wildman–Crippen MR) is 119 cm³/mol. The van der Waals surface area contributed by atoms with Crippen molar-refractivity contribution in [3.05, 3.63) is 70.2 Å². The van der Waals surface area contributed by atoms with E-state index in [1.807, 2.05) is 49.4 Å². The largest absolute Gasteiger partial charge is 0.273 e. The average molecular weight is 404 g/mol. The van der Waals surface area contributed by atoms with Gasteiger partial charge in [-0.1, -0.05) is 37.6 Å². The molecule has 0 bridgehead atoms. The van der Waals surface area contributed by atoms with Crippen molar-refractivity contribution in [1.29, 1.82) is 5.26 Å². The summed E-state index contributed by atoms with van der Waals surface area (Å²) in [6.07, 6.45) is 1.95. The first-order chi connectivity index (χ1) is 14.0. The molecule has 2 heterocycles. The van der Waals surface area contributed by atoms with E-state index in [0.717, 1.165) is 46.6 Å². The van der Waals surface area contributed by atoms with Gasteiger partial charge < -0.3 is 0 Å². The summed E-state index contributed by atoms with van der Waals surface area (Å²) in [5.41, 5.74) is 6.72. The normalized spacial score (nSPS) is 11.3. The summed E-state index contributed by atoms with van der Waals surface area (Å²) in [5, 5.41) is 14.3. The fraction of sp³-hybridized carbons (Fsp3) is 0.250. The molecule has 0 atom stereocenters. The average Bonchev–Trinajstić information content (AvgIpc) is 3.08. The number of para-hydroxylation sites is 2. The van der Waals surface area contributed by atoms with E-state index in [2.05, 4.69) is 40.7 Å². The van der Waals surface area contributed by atoms with Gasteiger partial charge in [0, 0.05) is 10.6 Å². The minimum Gasteiger partial charge on any atom is -0.273 e. The molecule has 0 fully saturated rings. The molecule has 0 amide bonds. The summed E-state index contributed by atoms with van der Waals surface area (Å²) in [6, 6.07) is 18.3. The molecule has 29 heavy (non-hydrogen) atoms. The van der Waals surface area contributed by atoms with Crippen LogP contribution in [-0.2, 0) is 6.42 Å². The maximum Gasteiger partial charge on any atom is 0.250 e. The highest BCUT2D eigenvalue weighted by atomic mass is 35.5. The number of nitriles is 1. The number of pyridine rings is 1. The van der Waals surface area contributed by atoms with E-state index in [1.54, 1.807) is 0 Å². The van der Waals surface area contributed by atoms with Crippen molar-refractivity contribution < 1.29 is 4.40 Å². The lowest BCUT2D eigenvalue weighted by Gasteiger charge is -2.15. The van der Waals surface area contributed by atoms with Gasteiger partial charge in [-0.3, -0.25) is 10.3 Å². The summed E-state index contributed by atoms with van der Waals surface area (Å²) in [4.78, 5) is 3.45. The number of imidazole rings is 1. The number of benzene rings is 2. The van der Waals surface area contributed by atoms with Crippen LogP contribution in [0.4, 0.5) is 11.5 Å². The molecule has 0 saturated heterocycles. The number of anilines is 2. The Morgan fingerprint density at radius 2 is 1.86 bits per heavy atom. The topological polar surface area (TPSA) is 55.7 Å². The molecule has 0 unspecified atom stereocenters. The minimum absolute atomic E-state index is 0.576. The van der Waals surface area contributed by atoms with E-state index < -0.39 is 0 Å². The number of hydrogen-bond acceptors (Lipinski definition) is 2. The molecule has 0 aliphatic rings. The zero-order valence-electron chi connectivity index (χ0n) is 16.9. The first kappa shape index (κ1) is 19.3. The Morgan fingerprint density at radius 3 is 2.55 bits per heavy atom. The van der Waals surface area contributed by atoms with Gasteiger partial charge >= 0.3 is 0 Å². The van der Waals surface area contributed by atoms with Gasteiger partial charge in [0.1, 0.15) is 22.7 Å². The van der Waals surface area contributed by atoms with Crippen molar-refractivity contribution in [2.45, 2.75) is 33.6 Å². The first-order valence-electron chi connectivity index (χ1n) is 9.90. The highest BCUT2D eigenvalue weighted by Crippen LogP contribution is 2.29. The predicted octanol–water partition coefficient (Wildman–Crippen LogP) is 6.07. The summed E-state index contributed by atoms with van der Waals surface area (Å²) in [7, 11) is 0. The number of halogens is 1. The Morgan fingerprint density at radius 1 is 1.14 bits per heavy atom. The van der Waals surface area contributed by atoms with Crippen LogP contribution >= 0.6 is 11.6 Å². The third kappa shape index (κ3) is 3.54. The molecule has 2 aromatic carbocycles. The molecular weight excluding hydrogens is 380 g/mol. The van der Waals surface area contributed by atoms with E-state index >= 15 is 0 Å². The second-order valence-corrected chi connectivity index (χ2v) is 8.27. The SMILES string of the molecule is Cc1c(CCC(C)C)c(Nc2ccc(Cl)cc2)[n+]2c([nH]c3ccccc32)c1C#N. The van der Waals surface area contributed by atoms with E-state index in [9.17, 15) is 5.26 Å². The standard InChI is InChI=1S/C24H23ClN4/c1-15(2)8-13-19-16(3)20(14-26)24-28-21-6-4-5-7-22(21)29(24)23(19)27-18-11-9-17(25)10-12-18/h4-7,9-12,15H,8,13H2,1-3H3,(H,27,28)/p+1. The number of aromatic amines is 1. The third-order valence-corrected chi connectivity index (χ3v) is 5.64. The lowest BCUT2D eigenvalue weighted by Crippen LogP contribution is -2.28. The van der Waals surface area contributed by atoms with Crippen LogP contribution < -0.4 is 9.72 Å². The van der Waals surface area contributed by atoms with Crippen LogP contribution in [0.5, 0.6) is 0 Å². The molecule has 2 N–H and O–H groups in total. The van der Waals surface area contributed by atoms with Crippen molar-refractivity contribution >= 4 is 39.8 Å². The van der Waals surface area contributed by atoms with Crippen molar-refractivity contribution in [3.8, 4) is 6.07 Å². The van der Waals surface area contributed by atoms with Crippen molar-refractivity contribution in [3.63, 3.8) is 0 Å². The van der Waals surface area contributed by atoms with Crippen molar-refractivity contribution in [1.82, 2.24) is 4.98 Å². The number of fused-ring (bicyclic) bond motifs is 3. The molecule has 146 valence electrons. The van der Waals surface area contributed by atoms with Gasteiger partial charge in [0.25, 0.3) is 0 Å². The quantitative estimate of drug-likeness (QED) is 0.397. The summed E-state index contributed by atoms with van der Waals surface area (Å²) in [6.45, 7) is 6.50. The van der Waals surface area contributed by atoms with Crippen LogP contribution in [0.15, 0.2) is 48.5 Å². The fourth-order valence-corrected chi connectivity index (χ4v) is 3.93. The number of rotatable bonds is 5. The molecule has 5 heteroatoms. The van der Waals surface area contributed by atoms with Crippen LogP contribution in [0.2, 0.25) is 5.02 Å². The Labute approximate surface area is 175 Å². The van der Waals surface area contributed by atoms with Gasteiger partial charge in [-0.15, -0.1) is 0 Å². The van der Waals surface area contributed by atoms with Crippen molar-refractivity contribution in [2.24, 2.45) is 5.92 Å². The first-order valence-corrected chi connectivity index (χ1v) is 10.3. The van der Waals surface area contributed by atoms with Crippen LogP contribution in [-0.4, -0.2) is 4.98 Å². The molecular formula is C24H24ClN4+. The number of nitrogens with one attached hydrogen (secondary N) is 2. The van der Waals surface area contributed by atoms with Gasteiger partial charge in [0.05, 0.1) is 5.69 Å². The van der Waals surface area contributed by atoms with Gasteiger partial charge in [-0.2, -0.15) is 9.66 Å². The molecule has 0 radical (unpaired) electrons. The summed E-state index contributed by atoms with van der Waals surface area (Å²) >= 11 is 6.08. The Balaban J connectivity index is 2.03. The molecule has 4 aromatic rings. The number of H-pyrrole nitrogens is 1. The smallest absolute Gasteiger partial charge is 0.250 e. The lowest BCUT2D eigenvalue weighted by atomic mass is 9.96. The third-order valence-electron chi connectivity index (χ3n) is 5.39. The van der Waals surface area contributed by atoms with Crippen LogP contribution in [0.25, 0.3) is 16.7 Å². The second-order valence-electron chi connectivity index (χ2n) is 7.83. The minimum atomic E-state index is 0.576. The van der Waals surface area contributed by atoms with Gasteiger partial charge in [-0.05, 0) is 67.6 Å². The molecule has 2 aromatic heterocycles. The number of nitrogens with zero attached hydrogens (tertiary/aromatic N) is 2. The number of aromatic nitrogens is 2. The Bertz CT molecular complexity index is 1230. The maximum atomic E-state index is 9.94. The van der Waals surface area contributed by atoms with Gasteiger partial charge in [0.2, 0.25) is 11.5 Å². The van der Waals surface area contributed by atoms with Crippen LogP contribution in [0.1, 0.15) is 37.0 Å². The zero-order chi connectivity index (χ0) is 20.5. The molecule has 0 aliphatic heterocycles. The van der Waals surface area contributed by atoms with E-state index in [-0.39, 0.29) is 0 Å². The monoisotopic (exact) mass is 403 g/mol. The Kier molecular flexibility index (Phi) is 5.17. The van der Waals surface area contributed by atoms with Crippen LogP contribution in [0.3, 0.4) is 0 Å². The van der Waals surface area contributed by atoms with Gasteiger partial charge in [0.15, 0.2) is 0 Å². The van der Waals surface area contributed by atoms with Crippen molar-refractivity contribution in [2.75, 3.05) is 5.32 Å². The van der Waals surface area contributed by atoms with Crippen LogP contribution in [0, 0.1) is 24.2 Å². The number of hydrogen-bond donors (Lipinski definition) is 2. The maximum absolute atomic E-state index is 9.94. The summed E-state index contributed by atoms with van der Waals surface area (Å²) < 4.78 is 2.14. The summed E-state index contributed by atoms with van der Waals surface area (Å²) in [5.74, 6) is 1.57. The lowest BCUT2D eigenvalue weighted by molar-refractivity contribution is -0.465. The highest BCUT2D eigenvalue weighted by molar-refractivity contribution is 6.30. The molecule has 0 aliphatic carbocycles. The molecule has 4 nitrogen and oxygen atoms in total. The Hall–Kier alpha value is -3.03. The highest BCUT2D eigenvalue weighted by Gasteiger charge is 2.25. The van der Waals surface area contributed by atoms with E-state index in [0.29, 0.717) is 16.5 Å². The molecule has 0 spiro atoms. The fourth-order valence-electron chi connectivity index (χ4n) is 3.80.